The highest BCUT2D eigenvalue weighted by Gasteiger charge is 2.24. The summed E-state index contributed by atoms with van der Waals surface area (Å²) in [5, 5.41) is 12.1. The Morgan fingerprint density at radius 2 is 1.97 bits per heavy atom. The zero-order valence-corrected chi connectivity index (χ0v) is 21.4. The molecule has 0 saturated carbocycles. The molecule has 0 radical (unpaired) electrons. The Kier molecular flexibility index (Phi) is 9.08. The standard InChI is InChI=1S/C24H27ClN4O6S/c1-28(15-17-5-7-18(8-6-17)23-27-12-13-29(23)24(31)32)22(30)4-3-11-26-16-36(33,34)21-10-9-19(35-2)14-20(21)25/h3-10,14,26H,11-13,15-16H2,1-2H3,(H,31,32). The molecule has 1 aliphatic rings. The number of hydrogen-bond donors (Lipinski definition) is 2. The molecule has 0 aliphatic carbocycles. The Balaban J connectivity index is 1.48. The van der Waals surface area contributed by atoms with Crippen LogP contribution >= 0.6 is 11.6 Å². The number of methoxy groups -OCH3 is 1. The minimum absolute atomic E-state index is 0.000976. The fourth-order valence-corrected chi connectivity index (χ4v) is 5.19. The van der Waals surface area contributed by atoms with Crippen molar-refractivity contribution in [1.82, 2.24) is 15.1 Å². The monoisotopic (exact) mass is 534 g/mol. The lowest BCUT2D eigenvalue weighted by Gasteiger charge is -2.17. The van der Waals surface area contributed by atoms with Crippen molar-refractivity contribution in [3.8, 4) is 5.75 Å². The van der Waals surface area contributed by atoms with Gasteiger partial charge in [-0.2, -0.15) is 0 Å². The first-order valence-corrected chi connectivity index (χ1v) is 13.0. The summed E-state index contributed by atoms with van der Waals surface area (Å²) in [6.07, 6.45) is 1.88. The molecule has 2 aromatic rings. The summed E-state index contributed by atoms with van der Waals surface area (Å²) in [7, 11) is -0.550. The van der Waals surface area contributed by atoms with E-state index in [0.29, 0.717) is 36.8 Å². The molecule has 0 bridgehead atoms. The Morgan fingerprint density at radius 3 is 2.61 bits per heavy atom. The van der Waals surface area contributed by atoms with Crippen molar-refractivity contribution in [1.29, 1.82) is 0 Å². The first-order chi connectivity index (χ1) is 17.1. The molecule has 1 aliphatic heterocycles. The van der Waals surface area contributed by atoms with Crippen LogP contribution < -0.4 is 10.1 Å². The lowest BCUT2D eigenvalue weighted by Crippen LogP contribution is -2.33. The second-order valence-electron chi connectivity index (χ2n) is 7.94. The van der Waals surface area contributed by atoms with Crippen LogP contribution in [-0.2, 0) is 21.2 Å². The molecule has 1 heterocycles. The van der Waals surface area contributed by atoms with Crippen molar-refractivity contribution >= 4 is 39.3 Å². The molecule has 3 rings (SSSR count). The van der Waals surface area contributed by atoms with Crippen molar-refractivity contribution in [2.24, 2.45) is 4.99 Å². The number of likely N-dealkylation sites (N-methyl/N-ethyl adjacent to an activating group) is 1. The van der Waals surface area contributed by atoms with E-state index in [-0.39, 0.29) is 28.2 Å². The number of amides is 2. The number of amidine groups is 1. The zero-order chi connectivity index (χ0) is 26.3. The van der Waals surface area contributed by atoms with Crippen LogP contribution in [0.25, 0.3) is 0 Å². The number of carbonyl (C=O) groups excluding carboxylic acids is 1. The van der Waals surface area contributed by atoms with E-state index in [9.17, 15) is 23.1 Å². The number of carbonyl (C=O) groups is 2. The smallest absolute Gasteiger partial charge is 0.413 e. The molecule has 0 saturated heterocycles. The van der Waals surface area contributed by atoms with Crippen molar-refractivity contribution in [2.45, 2.75) is 11.4 Å². The van der Waals surface area contributed by atoms with Crippen molar-refractivity contribution in [3.05, 3.63) is 70.8 Å². The Labute approximate surface area is 214 Å². The molecule has 0 spiro atoms. The fourth-order valence-electron chi connectivity index (χ4n) is 3.49. The Bertz CT molecular complexity index is 1280. The van der Waals surface area contributed by atoms with Gasteiger partial charge < -0.3 is 14.7 Å². The SMILES string of the molecule is COc1ccc(S(=O)(=O)CNCC=CC(=O)N(C)Cc2ccc(C3=NCCN3C(=O)O)cc2)c(Cl)c1. The summed E-state index contributed by atoms with van der Waals surface area (Å²) in [6.45, 7) is 1.29. The van der Waals surface area contributed by atoms with Gasteiger partial charge in [0.05, 0.1) is 30.1 Å². The van der Waals surface area contributed by atoms with Crippen LogP contribution in [0.15, 0.2) is 64.5 Å². The van der Waals surface area contributed by atoms with E-state index in [1.54, 1.807) is 25.3 Å². The zero-order valence-electron chi connectivity index (χ0n) is 19.8. The molecule has 2 aromatic carbocycles. The van der Waals surface area contributed by atoms with Gasteiger partial charge in [-0.05, 0) is 17.7 Å². The van der Waals surface area contributed by atoms with Gasteiger partial charge in [-0.1, -0.05) is 41.9 Å². The second kappa shape index (κ2) is 12.0. The van der Waals surface area contributed by atoms with E-state index in [4.69, 9.17) is 16.3 Å². The molecule has 10 nitrogen and oxygen atoms in total. The number of hydrogen-bond acceptors (Lipinski definition) is 7. The van der Waals surface area contributed by atoms with Crippen LogP contribution in [0.4, 0.5) is 4.79 Å². The molecule has 0 unspecified atom stereocenters. The number of ether oxygens (including phenoxy) is 1. The fraction of sp³-hybridized carbons (Fsp3) is 0.292. The summed E-state index contributed by atoms with van der Waals surface area (Å²) < 4.78 is 30.0. The molecule has 0 atom stereocenters. The highest BCUT2D eigenvalue weighted by molar-refractivity contribution is 7.91. The van der Waals surface area contributed by atoms with E-state index in [0.717, 1.165) is 5.56 Å². The van der Waals surface area contributed by atoms with Crippen molar-refractivity contribution < 1.29 is 27.9 Å². The topological polar surface area (TPSA) is 129 Å². The average Bonchev–Trinajstić information content (AvgIpc) is 3.34. The van der Waals surface area contributed by atoms with Crippen LogP contribution in [0.2, 0.25) is 5.02 Å². The van der Waals surface area contributed by atoms with E-state index < -0.39 is 15.9 Å². The number of carboxylic acid groups (broad SMARTS) is 1. The maximum Gasteiger partial charge on any atom is 0.413 e. The van der Waals surface area contributed by atoms with Crippen LogP contribution in [-0.4, -0.2) is 80.8 Å². The quantitative estimate of drug-likeness (QED) is 0.354. The lowest BCUT2D eigenvalue weighted by atomic mass is 10.1. The minimum atomic E-state index is -3.66. The molecular weight excluding hydrogens is 508 g/mol. The minimum Gasteiger partial charge on any atom is -0.497 e. The van der Waals surface area contributed by atoms with Gasteiger partial charge in [0.15, 0.2) is 9.84 Å². The van der Waals surface area contributed by atoms with Crippen LogP contribution in [0.5, 0.6) is 5.75 Å². The van der Waals surface area contributed by atoms with E-state index in [1.165, 1.54) is 41.2 Å². The number of rotatable bonds is 10. The summed E-state index contributed by atoms with van der Waals surface area (Å²) in [5.74, 6) is 0.287. The van der Waals surface area contributed by atoms with E-state index in [1.807, 2.05) is 12.1 Å². The predicted octanol–water partition coefficient (Wildman–Crippen LogP) is 2.62. The number of nitrogens with one attached hydrogen (secondary N) is 1. The molecule has 192 valence electrons. The third kappa shape index (κ3) is 6.84. The molecular formula is C24H27ClN4O6S. The molecule has 0 aromatic heterocycles. The van der Waals surface area contributed by atoms with Crippen molar-refractivity contribution in [3.63, 3.8) is 0 Å². The lowest BCUT2D eigenvalue weighted by molar-refractivity contribution is -0.125. The summed E-state index contributed by atoms with van der Waals surface area (Å²) in [6, 6.07) is 11.5. The number of benzene rings is 2. The van der Waals surface area contributed by atoms with Gasteiger partial charge in [-0.25, -0.2) is 13.2 Å². The van der Waals surface area contributed by atoms with Crippen LogP contribution in [0.1, 0.15) is 11.1 Å². The molecule has 2 amide bonds. The van der Waals surface area contributed by atoms with Gasteiger partial charge >= 0.3 is 6.09 Å². The highest BCUT2D eigenvalue weighted by Crippen LogP contribution is 2.26. The first kappa shape index (κ1) is 27.2. The maximum atomic E-state index is 12.5. The molecule has 2 N–H and O–H groups in total. The van der Waals surface area contributed by atoms with Crippen molar-refractivity contribution in [2.75, 3.05) is 39.7 Å². The van der Waals surface area contributed by atoms with Crippen LogP contribution in [0.3, 0.4) is 0 Å². The largest absolute Gasteiger partial charge is 0.497 e. The maximum absolute atomic E-state index is 12.5. The summed E-state index contributed by atoms with van der Waals surface area (Å²) in [5.41, 5.74) is 1.56. The molecule has 0 fully saturated rings. The van der Waals surface area contributed by atoms with Gasteiger partial charge in [-0.15, -0.1) is 0 Å². The van der Waals surface area contributed by atoms with Gasteiger partial charge in [0.1, 0.15) is 17.5 Å². The van der Waals surface area contributed by atoms with E-state index in [2.05, 4.69) is 10.3 Å². The number of sulfone groups is 1. The second-order valence-corrected chi connectivity index (χ2v) is 10.3. The van der Waals surface area contributed by atoms with Gasteiger partial charge in [-0.3, -0.25) is 20.0 Å². The average molecular weight is 535 g/mol. The van der Waals surface area contributed by atoms with Gasteiger partial charge in [0, 0.05) is 37.8 Å². The number of nitrogens with zero attached hydrogens (tertiary/aromatic N) is 3. The third-order valence-electron chi connectivity index (χ3n) is 5.37. The molecule has 12 heteroatoms. The predicted molar refractivity (Wildman–Crippen MR) is 136 cm³/mol. The molecule has 36 heavy (non-hydrogen) atoms. The Morgan fingerprint density at radius 1 is 1.25 bits per heavy atom. The number of halogens is 1. The third-order valence-corrected chi connectivity index (χ3v) is 7.40. The Hall–Kier alpha value is -3.41. The van der Waals surface area contributed by atoms with Gasteiger partial charge in [0.2, 0.25) is 5.91 Å². The number of aliphatic imine (C=N–C) groups is 1. The van der Waals surface area contributed by atoms with Gasteiger partial charge in [0.25, 0.3) is 0 Å². The normalized spacial score (nSPS) is 13.6. The first-order valence-electron chi connectivity index (χ1n) is 10.9. The summed E-state index contributed by atoms with van der Waals surface area (Å²) >= 11 is 6.05. The highest BCUT2D eigenvalue weighted by atomic mass is 35.5. The van der Waals surface area contributed by atoms with Crippen LogP contribution in [0, 0.1) is 0 Å². The van der Waals surface area contributed by atoms with E-state index >= 15 is 0 Å². The summed E-state index contributed by atoms with van der Waals surface area (Å²) in [4.78, 5) is 30.7.